The van der Waals surface area contributed by atoms with Gasteiger partial charge >= 0.3 is 0 Å². The summed E-state index contributed by atoms with van der Waals surface area (Å²) in [7, 11) is 0. The van der Waals surface area contributed by atoms with Crippen LogP contribution in [0.4, 0.5) is 0 Å². The van der Waals surface area contributed by atoms with Crippen LogP contribution in [-0.2, 0) is 0 Å². The maximum Gasteiger partial charge on any atom is 0.0555 e. The van der Waals surface area contributed by atoms with Crippen molar-refractivity contribution in [1.82, 2.24) is 0 Å². The third kappa shape index (κ3) is 2.22. The van der Waals surface area contributed by atoms with E-state index in [2.05, 4.69) is 46.8 Å². The Kier molecular flexibility index (Phi) is 3.14. The number of hydrogen-bond donors (Lipinski definition) is 0. The van der Waals surface area contributed by atoms with Crippen LogP contribution in [0, 0.1) is 5.92 Å². The van der Waals surface area contributed by atoms with Crippen molar-refractivity contribution in [2.45, 2.75) is 24.2 Å². The molecule has 0 spiro atoms. The van der Waals surface area contributed by atoms with Crippen molar-refractivity contribution in [1.29, 1.82) is 0 Å². The predicted molar refractivity (Wildman–Crippen MR) is 74.5 cm³/mol. The van der Waals surface area contributed by atoms with Gasteiger partial charge in [0.2, 0.25) is 0 Å². The van der Waals surface area contributed by atoms with Gasteiger partial charge in [-0.3, -0.25) is 4.99 Å². The van der Waals surface area contributed by atoms with Gasteiger partial charge in [0.05, 0.1) is 5.71 Å². The maximum absolute atomic E-state index is 4.65. The molecule has 0 amide bonds. The van der Waals surface area contributed by atoms with Gasteiger partial charge in [-0.15, -0.1) is 0 Å². The lowest BCUT2D eigenvalue weighted by atomic mass is 9.88. The normalized spacial score (nSPS) is 22.8. The summed E-state index contributed by atoms with van der Waals surface area (Å²) < 4.78 is 0. The largest absolute Gasteiger partial charge is 0.259 e. The zero-order chi connectivity index (χ0) is 11.5. The van der Waals surface area contributed by atoms with Crippen LogP contribution in [0.2, 0.25) is 0 Å². The number of hydrogen-bond acceptors (Lipinski definition) is 2. The Morgan fingerprint density at radius 1 is 1.24 bits per heavy atom. The minimum absolute atomic E-state index is 0.494. The highest BCUT2D eigenvalue weighted by atomic mass is 32.2. The Morgan fingerprint density at radius 3 is 3.06 bits per heavy atom. The van der Waals surface area contributed by atoms with E-state index >= 15 is 0 Å². The molecule has 0 saturated heterocycles. The predicted octanol–water partition coefficient (Wildman–Crippen LogP) is 4.41. The molecule has 1 aliphatic heterocycles. The molecule has 1 aromatic rings. The van der Waals surface area contributed by atoms with Gasteiger partial charge < -0.3 is 0 Å². The van der Waals surface area contributed by atoms with E-state index in [-0.39, 0.29) is 0 Å². The maximum atomic E-state index is 4.65. The first-order valence-electron chi connectivity index (χ1n) is 6.10. The number of thioether (sulfide) groups is 1. The van der Waals surface area contributed by atoms with Crippen molar-refractivity contribution >= 4 is 17.5 Å². The molecule has 1 aliphatic carbocycles. The molecule has 1 aromatic carbocycles. The van der Waals surface area contributed by atoms with E-state index in [9.17, 15) is 0 Å². The summed E-state index contributed by atoms with van der Waals surface area (Å²) in [5.41, 5.74) is 2.54. The molecule has 1 heterocycles. The zero-order valence-corrected chi connectivity index (χ0v) is 10.5. The van der Waals surface area contributed by atoms with Crippen LogP contribution in [0.3, 0.4) is 0 Å². The van der Waals surface area contributed by atoms with E-state index in [1.165, 1.54) is 35.4 Å². The molecule has 3 rings (SSSR count). The van der Waals surface area contributed by atoms with E-state index in [1.54, 1.807) is 11.8 Å². The number of aliphatic imine (C=N–C) groups is 1. The fraction of sp³-hybridized carbons (Fsp3) is 0.267. The van der Waals surface area contributed by atoms with Crippen LogP contribution in [0.1, 0.15) is 24.8 Å². The van der Waals surface area contributed by atoms with Gasteiger partial charge in [-0.1, -0.05) is 42.1 Å². The lowest BCUT2D eigenvalue weighted by molar-refractivity contribution is 0.655. The van der Waals surface area contributed by atoms with Crippen molar-refractivity contribution < 1.29 is 0 Å². The fourth-order valence-corrected chi connectivity index (χ4v) is 3.13. The molecule has 2 aliphatic rings. The third-order valence-corrected chi connectivity index (χ3v) is 4.11. The van der Waals surface area contributed by atoms with Gasteiger partial charge in [0.15, 0.2) is 0 Å². The van der Waals surface area contributed by atoms with Crippen LogP contribution in [-0.4, -0.2) is 5.71 Å². The van der Waals surface area contributed by atoms with Gasteiger partial charge in [-0.05, 0) is 30.7 Å². The first-order chi connectivity index (χ1) is 8.45. The minimum Gasteiger partial charge on any atom is -0.259 e. The van der Waals surface area contributed by atoms with Gasteiger partial charge in [-0.2, -0.15) is 0 Å². The second-order valence-electron chi connectivity index (χ2n) is 4.38. The molecule has 1 unspecified atom stereocenters. The SMILES string of the molecule is C1=CC(C2=NC=CSc3ccccc32)CCC1. The number of nitrogens with zero attached hydrogens (tertiary/aromatic N) is 1. The second-order valence-corrected chi connectivity index (χ2v) is 5.33. The molecule has 0 aromatic heterocycles. The standard InChI is InChI=1S/C15H15NS/c1-2-6-12(7-3-1)15-13-8-4-5-9-14(13)17-11-10-16-15/h2,4-6,8-12H,1,3,7H2. The third-order valence-electron chi connectivity index (χ3n) is 3.24. The van der Waals surface area contributed by atoms with Crippen LogP contribution in [0.15, 0.2) is 57.9 Å². The van der Waals surface area contributed by atoms with Crippen molar-refractivity contribution in [3.8, 4) is 0 Å². The summed E-state index contributed by atoms with van der Waals surface area (Å²) in [6, 6.07) is 8.57. The van der Waals surface area contributed by atoms with Gasteiger partial charge in [0.25, 0.3) is 0 Å². The van der Waals surface area contributed by atoms with Crippen LogP contribution in [0.25, 0.3) is 0 Å². The van der Waals surface area contributed by atoms with E-state index < -0.39 is 0 Å². The highest BCUT2D eigenvalue weighted by Crippen LogP contribution is 2.31. The Bertz CT molecular complexity index is 499. The molecule has 0 N–H and O–H groups in total. The quantitative estimate of drug-likeness (QED) is 0.663. The van der Waals surface area contributed by atoms with E-state index in [4.69, 9.17) is 0 Å². The van der Waals surface area contributed by atoms with E-state index in [1.807, 2.05) is 6.20 Å². The summed E-state index contributed by atoms with van der Waals surface area (Å²) in [4.78, 5) is 5.97. The first-order valence-corrected chi connectivity index (χ1v) is 6.98. The Balaban J connectivity index is 2.04. The number of allylic oxidation sites excluding steroid dienone is 2. The van der Waals surface area contributed by atoms with Crippen LogP contribution < -0.4 is 0 Å². The average molecular weight is 241 g/mol. The van der Waals surface area contributed by atoms with Crippen molar-refractivity contribution in [3.05, 3.63) is 53.6 Å². The zero-order valence-electron chi connectivity index (χ0n) is 9.67. The molecular weight excluding hydrogens is 226 g/mol. The minimum atomic E-state index is 0.494. The molecule has 1 atom stereocenters. The monoisotopic (exact) mass is 241 g/mol. The summed E-state index contributed by atoms with van der Waals surface area (Å²) in [6.45, 7) is 0. The van der Waals surface area contributed by atoms with Crippen LogP contribution >= 0.6 is 11.8 Å². The highest BCUT2D eigenvalue weighted by Gasteiger charge is 2.19. The molecule has 1 nitrogen and oxygen atoms in total. The lowest BCUT2D eigenvalue weighted by Gasteiger charge is -2.19. The molecule has 86 valence electrons. The van der Waals surface area contributed by atoms with Crippen LogP contribution in [0.5, 0.6) is 0 Å². The van der Waals surface area contributed by atoms with E-state index in [0.29, 0.717) is 5.92 Å². The van der Waals surface area contributed by atoms with E-state index in [0.717, 1.165) is 0 Å². The topological polar surface area (TPSA) is 12.4 Å². The highest BCUT2D eigenvalue weighted by molar-refractivity contribution is 8.02. The summed E-state index contributed by atoms with van der Waals surface area (Å²) in [5.74, 6) is 0.494. The van der Waals surface area contributed by atoms with Crippen molar-refractivity contribution in [2.24, 2.45) is 10.9 Å². The molecule has 17 heavy (non-hydrogen) atoms. The molecular formula is C15H15NS. The Labute approximate surface area is 106 Å². The summed E-state index contributed by atoms with van der Waals surface area (Å²) >= 11 is 1.76. The van der Waals surface area contributed by atoms with Crippen molar-refractivity contribution in [3.63, 3.8) is 0 Å². The van der Waals surface area contributed by atoms with Crippen molar-refractivity contribution in [2.75, 3.05) is 0 Å². The summed E-state index contributed by atoms with van der Waals surface area (Å²) in [5, 5.41) is 2.07. The van der Waals surface area contributed by atoms with Gasteiger partial charge in [0, 0.05) is 22.6 Å². The number of fused-ring (bicyclic) bond motifs is 1. The molecule has 2 heteroatoms. The molecule has 0 bridgehead atoms. The number of benzene rings is 1. The second kappa shape index (κ2) is 4.92. The number of rotatable bonds is 1. The summed E-state index contributed by atoms with van der Waals surface area (Å²) in [6.07, 6.45) is 10.3. The smallest absolute Gasteiger partial charge is 0.0555 e. The average Bonchev–Trinajstić information content (AvgIpc) is 2.62. The Morgan fingerprint density at radius 2 is 2.18 bits per heavy atom. The van der Waals surface area contributed by atoms with Gasteiger partial charge in [0.1, 0.15) is 0 Å². The lowest BCUT2D eigenvalue weighted by Crippen LogP contribution is -2.16. The molecule has 0 saturated carbocycles. The van der Waals surface area contributed by atoms with Gasteiger partial charge in [-0.25, -0.2) is 0 Å². The molecule has 0 radical (unpaired) electrons. The molecule has 0 fully saturated rings. The first kappa shape index (κ1) is 10.8. The Hall–Kier alpha value is -1.28. The fourth-order valence-electron chi connectivity index (χ4n) is 2.40.